The first kappa shape index (κ1) is 14.2. The van der Waals surface area contributed by atoms with Crippen LogP contribution in [0.2, 0.25) is 5.15 Å². The van der Waals surface area contributed by atoms with Crippen LogP contribution in [0.5, 0.6) is 0 Å². The normalized spacial score (nSPS) is 27.0. The fourth-order valence-corrected chi connectivity index (χ4v) is 2.35. The Kier molecular flexibility index (Phi) is 4.37. The fraction of sp³-hybridized carbons (Fsp3) is 0.615. The molecule has 0 aromatic carbocycles. The SMILES string of the molecule is CC1CCC(O)(CNC(=O)c2ccc(Cl)nn2)CC1. The first-order valence-electron chi connectivity index (χ1n) is 6.48. The molecule has 0 radical (unpaired) electrons. The van der Waals surface area contributed by atoms with Crippen LogP contribution >= 0.6 is 11.6 Å². The molecule has 1 fully saturated rings. The van der Waals surface area contributed by atoms with Gasteiger partial charge >= 0.3 is 0 Å². The number of amides is 1. The Bertz CT molecular complexity index is 442. The lowest BCUT2D eigenvalue weighted by Gasteiger charge is -2.34. The summed E-state index contributed by atoms with van der Waals surface area (Å²) in [5.41, 5.74) is -0.584. The van der Waals surface area contributed by atoms with Gasteiger partial charge in [0.15, 0.2) is 10.8 Å². The van der Waals surface area contributed by atoms with Gasteiger partial charge in [0.05, 0.1) is 5.60 Å². The van der Waals surface area contributed by atoms with Crippen LogP contribution in [-0.2, 0) is 0 Å². The summed E-state index contributed by atoms with van der Waals surface area (Å²) >= 11 is 5.61. The molecule has 1 aromatic heterocycles. The topological polar surface area (TPSA) is 75.1 Å². The van der Waals surface area contributed by atoms with Gasteiger partial charge in [-0.25, -0.2) is 0 Å². The Morgan fingerprint density at radius 2 is 2.16 bits per heavy atom. The van der Waals surface area contributed by atoms with Gasteiger partial charge in [0.1, 0.15) is 0 Å². The molecule has 1 heterocycles. The highest BCUT2D eigenvalue weighted by atomic mass is 35.5. The summed E-state index contributed by atoms with van der Waals surface area (Å²) in [6, 6.07) is 3.03. The Labute approximate surface area is 117 Å². The van der Waals surface area contributed by atoms with Crippen LogP contribution in [0.25, 0.3) is 0 Å². The molecule has 2 N–H and O–H groups in total. The van der Waals surface area contributed by atoms with Crippen LogP contribution in [0.15, 0.2) is 12.1 Å². The highest BCUT2D eigenvalue weighted by Gasteiger charge is 2.32. The second-order valence-corrected chi connectivity index (χ2v) is 5.72. The molecule has 0 saturated heterocycles. The van der Waals surface area contributed by atoms with Gasteiger partial charge in [-0.1, -0.05) is 18.5 Å². The van der Waals surface area contributed by atoms with Crippen molar-refractivity contribution >= 4 is 17.5 Å². The molecule has 0 spiro atoms. The van der Waals surface area contributed by atoms with Gasteiger partial charge in [0, 0.05) is 6.54 Å². The third kappa shape index (κ3) is 3.88. The highest BCUT2D eigenvalue weighted by molar-refractivity contribution is 6.29. The van der Waals surface area contributed by atoms with Gasteiger partial charge < -0.3 is 10.4 Å². The molecule has 5 nitrogen and oxygen atoms in total. The predicted octanol–water partition coefficient (Wildman–Crippen LogP) is 1.80. The van der Waals surface area contributed by atoms with Crippen LogP contribution < -0.4 is 5.32 Å². The van der Waals surface area contributed by atoms with E-state index in [-0.39, 0.29) is 23.3 Å². The van der Waals surface area contributed by atoms with Gasteiger partial charge in [-0.15, -0.1) is 10.2 Å². The number of rotatable bonds is 3. The van der Waals surface area contributed by atoms with Gasteiger partial charge in [-0.3, -0.25) is 4.79 Å². The van der Waals surface area contributed by atoms with Crippen molar-refractivity contribution < 1.29 is 9.90 Å². The Balaban J connectivity index is 1.88. The molecule has 6 heteroatoms. The van der Waals surface area contributed by atoms with Gasteiger partial charge in [-0.05, 0) is 43.7 Å². The van der Waals surface area contributed by atoms with Gasteiger partial charge in [0.2, 0.25) is 0 Å². The van der Waals surface area contributed by atoms with E-state index >= 15 is 0 Å². The third-order valence-electron chi connectivity index (χ3n) is 3.65. The van der Waals surface area contributed by atoms with Gasteiger partial charge in [-0.2, -0.15) is 0 Å². The number of hydrogen-bond donors (Lipinski definition) is 2. The van der Waals surface area contributed by atoms with E-state index < -0.39 is 5.60 Å². The molecule has 0 aliphatic heterocycles. The van der Waals surface area contributed by atoms with E-state index in [9.17, 15) is 9.90 Å². The first-order chi connectivity index (χ1) is 8.98. The van der Waals surface area contributed by atoms with Gasteiger partial charge in [0.25, 0.3) is 5.91 Å². The molecule has 0 bridgehead atoms. The zero-order chi connectivity index (χ0) is 13.9. The number of aromatic nitrogens is 2. The summed E-state index contributed by atoms with van der Waals surface area (Å²) in [6.07, 6.45) is 3.43. The summed E-state index contributed by atoms with van der Waals surface area (Å²) < 4.78 is 0. The minimum atomic E-state index is -0.790. The average molecular weight is 284 g/mol. The van der Waals surface area contributed by atoms with Crippen LogP contribution in [0.4, 0.5) is 0 Å². The minimum Gasteiger partial charge on any atom is -0.388 e. The van der Waals surface area contributed by atoms with Crippen molar-refractivity contribution in [2.75, 3.05) is 6.54 Å². The van der Waals surface area contributed by atoms with Crippen LogP contribution in [0.3, 0.4) is 0 Å². The molecular weight excluding hydrogens is 266 g/mol. The molecule has 1 saturated carbocycles. The number of aliphatic hydroxyl groups is 1. The smallest absolute Gasteiger partial charge is 0.271 e. The van der Waals surface area contributed by atoms with E-state index in [1.165, 1.54) is 12.1 Å². The molecule has 1 aliphatic rings. The third-order valence-corrected chi connectivity index (χ3v) is 3.85. The van der Waals surface area contributed by atoms with Crippen LogP contribution in [-0.4, -0.2) is 33.4 Å². The summed E-state index contributed by atoms with van der Waals surface area (Å²) in [4.78, 5) is 11.8. The van der Waals surface area contributed by atoms with Crippen LogP contribution in [0.1, 0.15) is 43.1 Å². The second-order valence-electron chi connectivity index (χ2n) is 5.33. The average Bonchev–Trinajstić information content (AvgIpc) is 2.41. The lowest BCUT2D eigenvalue weighted by molar-refractivity contribution is -0.00544. The van der Waals surface area contributed by atoms with Crippen molar-refractivity contribution in [3.05, 3.63) is 23.0 Å². The van der Waals surface area contributed by atoms with E-state index in [4.69, 9.17) is 11.6 Å². The number of carbonyl (C=O) groups excluding carboxylic acids is 1. The lowest BCUT2D eigenvalue weighted by Crippen LogP contribution is -2.45. The Morgan fingerprint density at radius 3 is 2.74 bits per heavy atom. The second kappa shape index (κ2) is 5.84. The van der Waals surface area contributed by atoms with Crippen molar-refractivity contribution in [1.29, 1.82) is 0 Å². The Morgan fingerprint density at radius 1 is 1.47 bits per heavy atom. The monoisotopic (exact) mass is 283 g/mol. The number of nitrogens with one attached hydrogen (secondary N) is 1. The standard InChI is InChI=1S/C13H18ClN3O2/c1-9-4-6-13(19,7-5-9)8-15-12(18)10-2-3-11(14)17-16-10/h2-3,9,19H,4-8H2,1H3,(H,15,18). The van der Waals surface area contributed by atoms with Crippen molar-refractivity contribution in [2.45, 2.75) is 38.2 Å². The van der Waals surface area contributed by atoms with E-state index in [1.807, 2.05) is 0 Å². The van der Waals surface area contributed by atoms with Crippen molar-refractivity contribution in [1.82, 2.24) is 15.5 Å². The number of hydrogen-bond acceptors (Lipinski definition) is 4. The van der Waals surface area contributed by atoms with E-state index in [2.05, 4.69) is 22.4 Å². The molecule has 1 aliphatic carbocycles. The molecular formula is C13H18ClN3O2. The van der Waals surface area contributed by atoms with E-state index in [1.54, 1.807) is 0 Å². The molecule has 104 valence electrons. The molecule has 1 amide bonds. The zero-order valence-corrected chi connectivity index (χ0v) is 11.7. The number of carbonyl (C=O) groups is 1. The minimum absolute atomic E-state index is 0.206. The number of nitrogens with zero attached hydrogens (tertiary/aromatic N) is 2. The summed E-state index contributed by atoms with van der Waals surface area (Å²) in [6.45, 7) is 2.43. The summed E-state index contributed by atoms with van der Waals surface area (Å²) in [7, 11) is 0. The summed E-state index contributed by atoms with van der Waals surface area (Å²) in [5.74, 6) is 0.314. The first-order valence-corrected chi connectivity index (χ1v) is 6.86. The molecule has 0 unspecified atom stereocenters. The predicted molar refractivity (Wildman–Crippen MR) is 72.0 cm³/mol. The fourth-order valence-electron chi connectivity index (χ4n) is 2.25. The molecule has 1 aromatic rings. The van der Waals surface area contributed by atoms with Crippen molar-refractivity contribution in [3.8, 4) is 0 Å². The zero-order valence-electron chi connectivity index (χ0n) is 10.9. The van der Waals surface area contributed by atoms with Crippen LogP contribution in [0, 0.1) is 5.92 Å². The largest absolute Gasteiger partial charge is 0.388 e. The van der Waals surface area contributed by atoms with E-state index in [0.29, 0.717) is 5.92 Å². The molecule has 19 heavy (non-hydrogen) atoms. The molecule has 2 rings (SSSR count). The van der Waals surface area contributed by atoms with Crippen molar-refractivity contribution in [3.63, 3.8) is 0 Å². The molecule has 0 atom stereocenters. The number of halogens is 1. The maximum atomic E-state index is 11.8. The highest BCUT2D eigenvalue weighted by Crippen LogP contribution is 2.31. The maximum absolute atomic E-state index is 11.8. The Hall–Kier alpha value is -1.20. The quantitative estimate of drug-likeness (QED) is 0.887. The van der Waals surface area contributed by atoms with Crippen molar-refractivity contribution in [2.24, 2.45) is 5.92 Å². The van der Waals surface area contributed by atoms with E-state index in [0.717, 1.165) is 25.7 Å². The summed E-state index contributed by atoms with van der Waals surface area (Å²) in [5, 5.41) is 20.6. The maximum Gasteiger partial charge on any atom is 0.271 e. The lowest BCUT2D eigenvalue weighted by atomic mass is 9.79.